The van der Waals surface area contributed by atoms with E-state index in [9.17, 15) is 24.6 Å². The van der Waals surface area contributed by atoms with Crippen molar-refractivity contribution in [2.45, 2.75) is 95.9 Å². The molecule has 0 aromatic heterocycles. The van der Waals surface area contributed by atoms with Gasteiger partial charge in [-0.05, 0) is 86.8 Å². The molecule has 8 heteroatoms. The molecule has 1 amide bonds. The molecule has 2 unspecified atom stereocenters. The average Bonchev–Trinajstić information content (AvgIpc) is 3.00. The first-order valence-electron chi connectivity index (χ1n) is 15.6. The molecule has 2 saturated carbocycles. The molecule has 0 radical (unpaired) electrons. The van der Waals surface area contributed by atoms with Gasteiger partial charge in [-0.2, -0.15) is 0 Å². The van der Waals surface area contributed by atoms with Crippen molar-refractivity contribution in [2.75, 3.05) is 13.2 Å². The number of nitrogens with one attached hydrogen (secondary N) is 1. The van der Waals surface area contributed by atoms with Crippen LogP contribution in [0, 0.1) is 11.8 Å². The van der Waals surface area contributed by atoms with Gasteiger partial charge in [0.15, 0.2) is 0 Å². The summed E-state index contributed by atoms with van der Waals surface area (Å²) in [6.07, 6.45) is 14.5. The van der Waals surface area contributed by atoms with Crippen molar-refractivity contribution in [1.82, 2.24) is 5.32 Å². The number of ether oxygens (including phenoxy) is 2. The predicted molar refractivity (Wildman–Crippen MR) is 160 cm³/mol. The van der Waals surface area contributed by atoms with Crippen molar-refractivity contribution < 1.29 is 34.1 Å². The summed E-state index contributed by atoms with van der Waals surface area (Å²) in [4.78, 5) is 36.0. The minimum atomic E-state index is -1.13. The van der Waals surface area contributed by atoms with Crippen LogP contribution < -0.4 is 14.8 Å². The third kappa shape index (κ3) is 9.78. The highest BCUT2D eigenvalue weighted by atomic mass is 16.5. The Balaban J connectivity index is 1.21. The van der Waals surface area contributed by atoms with Crippen molar-refractivity contribution in [1.29, 1.82) is 0 Å². The maximum Gasteiger partial charge on any atom is 0.335 e. The predicted octanol–water partition coefficient (Wildman–Crippen LogP) is 6.90. The molecule has 2 aliphatic carbocycles. The van der Waals surface area contributed by atoms with Crippen LogP contribution >= 0.6 is 0 Å². The van der Waals surface area contributed by atoms with Crippen molar-refractivity contribution >= 4 is 17.8 Å². The van der Waals surface area contributed by atoms with Crippen LogP contribution in [-0.4, -0.2) is 47.3 Å². The zero-order chi connectivity index (χ0) is 29.7. The first-order valence-corrected chi connectivity index (χ1v) is 15.6. The van der Waals surface area contributed by atoms with Gasteiger partial charge in [0.05, 0.1) is 30.3 Å². The minimum absolute atomic E-state index is 0.00825. The number of aryl methyl sites for hydroxylation is 1. The molecule has 0 aliphatic heterocycles. The van der Waals surface area contributed by atoms with Gasteiger partial charge in [-0.1, -0.05) is 57.1 Å². The molecule has 8 nitrogen and oxygen atoms in total. The van der Waals surface area contributed by atoms with Gasteiger partial charge in [-0.15, -0.1) is 0 Å². The highest BCUT2D eigenvalue weighted by Crippen LogP contribution is 2.28. The van der Waals surface area contributed by atoms with E-state index in [0.29, 0.717) is 44.5 Å². The average molecular weight is 580 g/mol. The standard InChI is InChI=1S/C34H45NO7/c36-32(35-28-13-6-12-26(22-28)33(37)38)30-23-27(34(39)40)16-19-31(30)42-21-7-11-25-14-17-29(18-15-25)41-20-5-4-10-24-8-2-1-3-9-24/h14-19,23-24,26,28H,1-13,20-22H2,(H,35,36)(H,37,38)(H,39,40). The third-order valence-corrected chi connectivity index (χ3v) is 8.62. The summed E-state index contributed by atoms with van der Waals surface area (Å²) in [5.41, 5.74) is 1.30. The van der Waals surface area contributed by atoms with Crippen LogP contribution in [0.15, 0.2) is 42.5 Å². The first kappa shape index (κ1) is 31.4. The number of carbonyl (C=O) groups excluding carboxylic acids is 1. The number of carbonyl (C=O) groups is 3. The fourth-order valence-electron chi connectivity index (χ4n) is 6.19. The number of amides is 1. The highest BCUT2D eigenvalue weighted by Gasteiger charge is 2.29. The SMILES string of the molecule is O=C(O)c1ccc(OCCCc2ccc(OCCCCC3CCCCC3)cc2)c(C(=O)NC2CCCC(C(=O)O)C2)c1. The fourth-order valence-corrected chi connectivity index (χ4v) is 6.19. The normalized spacial score (nSPS) is 19.1. The van der Waals surface area contributed by atoms with Crippen LogP contribution in [0.1, 0.15) is 110 Å². The number of unbranched alkanes of at least 4 members (excludes halogenated alkanes) is 1. The maximum absolute atomic E-state index is 13.1. The Kier molecular flexibility index (Phi) is 12.1. The molecule has 2 atom stereocenters. The summed E-state index contributed by atoms with van der Waals surface area (Å²) in [6, 6.07) is 12.1. The van der Waals surface area contributed by atoms with Crippen LogP contribution in [0.25, 0.3) is 0 Å². The zero-order valence-electron chi connectivity index (χ0n) is 24.5. The topological polar surface area (TPSA) is 122 Å². The van der Waals surface area contributed by atoms with Gasteiger partial charge in [0.1, 0.15) is 11.5 Å². The van der Waals surface area contributed by atoms with Gasteiger partial charge in [0, 0.05) is 6.04 Å². The van der Waals surface area contributed by atoms with E-state index in [4.69, 9.17) is 9.47 Å². The Morgan fingerprint density at radius 3 is 2.31 bits per heavy atom. The molecule has 0 heterocycles. The quantitative estimate of drug-likeness (QED) is 0.196. The monoisotopic (exact) mass is 579 g/mol. The van der Waals surface area contributed by atoms with E-state index in [1.807, 2.05) is 12.1 Å². The van der Waals surface area contributed by atoms with Crippen LogP contribution in [0.4, 0.5) is 0 Å². The van der Waals surface area contributed by atoms with Crippen LogP contribution in [0.5, 0.6) is 11.5 Å². The lowest BCUT2D eigenvalue weighted by atomic mass is 9.85. The van der Waals surface area contributed by atoms with Gasteiger partial charge in [-0.25, -0.2) is 4.79 Å². The van der Waals surface area contributed by atoms with Crippen molar-refractivity contribution in [3.8, 4) is 11.5 Å². The van der Waals surface area contributed by atoms with E-state index >= 15 is 0 Å². The van der Waals surface area contributed by atoms with E-state index in [2.05, 4.69) is 17.4 Å². The lowest BCUT2D eigenvalue weighted by Crippen LogP contribution is -2.40. The Labute approximate surface area is 248 Å². The Morgan fingerprint density at radius 1 is 0.810 bits per heavy atom. The summed E-state index contributed by atoms with van der Waals surface area (Å²) in [7, 11) is 0. The number of rotatable bonds is 15. The summed E-state index contributed by atoms with van der Waals surface area (Å²) in [5, 5.41) is 21.7. The van der Waals surface area contributed by atoms with Crippen molar-refractivity contribution in [2.24, 2.45) is 11.8 Å². The van der Waals surface area contributed by atoms with E-state index in [-0.39, 0.29) is 17.2 Å². The number of aliphatic carboxylic acids is 1. The molecule has 2 aliphatic rings. The molecule has 3 N–H and O–H groups in total. The molecule has 228 valence electrons. The molecule has 4 rings (SSSR count). The zero-order valence-corrected chi connectivity index (χ0v) is 24.5. The Hall–Kier alpha value is -3.55. The van der Waals surface area contributed by atoms with E-state index in [1.54, 1.807) is 0 Å². The fraction of sp³-hybridized carbons (Fsp3) is 0.559. The van der Waals surface area contributed by atoms with E-state index in [0.717, 1.165) is 36.7 Å². The second-order valence-corrected chi connectivity index (χ2v) is 11.8. The molecule has 0 spiro atoms. The molecule has 0 saturated heterocycles. The summed E-state index contributed by atoms with van der Waals surface area (Å²) in [5.74, 6) is -0.802. The summed E-state index contributed by atoms with van der Waals surface area (Å²) < 4.78 is 11.9. The molecule has 2 aromatic carbocycles. The van der Waals surface area contributed by atoms with Crippen LogP contribution in [0.3, 0.4) is 0 Å². The maximum atomic E-state index is 13.1. The number of carboxylic acid groups (broad SMARTS) is 2. The lowest BCUT2D eigenvalue weighted by Gasteiger charge is -2.27. The van der Waals surface area contributed by atoms with Gasteiger partial charge < -0.3 is 25.0 Å². The van der Waals surface area contributed by atoms with E-state index < -0.39 is 23.8 Å². The number of hydrogen-bond donors (Lipinski definition) is 3. The van der Waals surface area contributed by atoms with E-state index in [1.165, 1.54) is 63.1 Å². The minimum Gasteiger partial charge on any atom is -0.494 e. The number of hydrogen-bond acceptors (Lipinski definition) is 5. The van der Waals surface area contributed by atoms with Crippen molar-refractivity contribution in [3.63, 3.8) is 0 Å². The number of carboxylic acids is 2. The largest absolute Gasteiger partial charge is 0.494 e. The second-order valence-electron chi connectivity index (χ2n) is 11.8. The Bertz CT molecular complexity index is 1170. The molecular formula is C34H45NO7. The smallest absolute Gasteiger partial charge is 0.335 e. The molecular weight excluding hydrogens is 534 g/mol. The Morgan fingerprint density at radius 2 is 1.57 bits per heavy atom. The number of benzene rings is 2. The summed E-state index contributed by atoms with van der Waals surface area (Å²) in [6.45, 7) is 1.10. The number of aromatic carboxylic acids is 1. The van der Waals surface area contributed by atoms with Crippen LogP contribution in [-0.2, 0) is 11.2 Å². The van der Waals surface area contributed by atoms with Gasteiger partial charge in [-0.3, -0.25) is 9.59 Å². The van der Waals surface area contributed by atoms with Gasteiger partial charge in [0.2, 0.25) is 0 Å². The van der Waals surface area contributed by atoms with Gasteiger partial charge in [0.25, 0.3) is 5.91 Å². The third-order valence-electron chi connectivity index (χ3n) is 8.62. The second kappa shape index (κ2) is 16.2. The van der Waals surface area contributed by atoms with Crippen molar-refractivity contribution in [3.05, 3.63) is 59.2 Å². The molecule has 42 heavy (non-hydrogen) atoms. The molecule has 0 bridgehead atoms. The first-order chi connectivity index (χ1) is 20.4. The molecule has 2 fully saturated rings. The lowest BCUT2D eigenvalue weighted by molar-refractivity contribution is -0.143. The van der Waals surface area contributed by atoms with Crippen LogP contribution in [0.2, 0.25) is 0 Å². The highest BCUT2D eigenvalue weighted by molar-refractivity contribution is 6.00. The summed E-state index contributed by atoms with van der Waals surface area (Å²) >= 11 is 0. The molecule has 2 aromatic rings. The van der Waals surface area contributed by atoms with Gasteiger partial charge >= 0.3 is 11.9 Å².